The summed E-state index contributed by atoms with van der Waals surface area (Å²) in [7, 11) is 0. The van der Waals surface area contributed by atoms with E-state index < -0.39 is 0 Å². The molecule has 0 amide bonds. The Kier molecular flexibility index (Phi) is 3.41. The monoisotopic (exact) mass is 191 g/mol. The van der Waals surface area contributed by atoms with Gasteiger partial charge in [0.05, 0.1) is 18.9 Å². The lowest BCUT2D eigenvalue weighted by Gasteiger charge is -2.20. The number of nitriles is 1. The van der Waals surface area contributed by atoms with Crippen molar-refractivity contribution in [1.82, 2.24) is 9.97 Å². The van der Waals surface area contributed by atoms with E-state index in [1.807, 2.05) is 13.8 Å². The summed E-state index contributed by atoms with van der Waals surface area (Å²) in [6, 6.07) is 2.13. The molecule has 0 aromatic carbocycles. The maximum atomic E-state index is 8.57. The highest BCUT2D eigenvalue weighted by Gasteiger charge is 2.18. The van der Waals surface area contributed by atoms with Crippen LogP contribution >= 0.6 is 0 Å². The van der Waals surface area contributed by atoms with Gasteiger partial charge in [0, 0.05) is 24.2 Å². The van der Waals surface area contributed by atoms with E-state index in [1.165, 1.54) is 0 Å². The summed E-state index contributed by atoms with van der Waals surface area (Å²) < 4.78 is 5.40. The molecule has 1 aromatic rings. The molecule has 0 radical (unpaired) electrons. The standard InChI is InChI=1S/C10H13N3O/c1-10(2,3-4-11)8-14-9-7-12-5-6-13-9/h5-7H,3,8H2,1-2H3. The summed E-state index contributed by atoms with van der Waals surface area (Å²) >= 11 is 0. The van der Waals surface area contributed by atoms with Crippen molar-refractivity contribution in [2.75, 3.05) is 6.61 Å². The van der Waals surface area contributed by atoms with Crippen molar-refractivity contribution in [3.8, 4) is 11.9 Å². The van der Waals surface area contributed by atoms with Crippen LogP contribution in [0.1, 0.15) is 20.3 Å². The highest BCUT2D eigenvalue weighted by molar-refractivity contribution is 5.01. The van der Waals surface area contributed by atoms with Gasteiger partial charge in [-0.3, -0.25) is 4.98 Å². The first-order valence-corrected chi connectivity index (χ1v) is 4.40. The van der Waals surface area contributed by atoms with E-state index in [0.717, 1.165) is 0 Å². The van der Waals surface area contributed by atoms with E-state index in [1.54, 1.807) is 18.6 Å². The van der Waals surface area contributed by atoms with Gasteiger partial charge in [0.1, 0.15) is 0 Å². The van der Waals surface area contributed by atoms with Crippen molar-refractivity contribution < 1.29 is 4.74 Å². The first-order chi connectivity index (χ1) is 6.64. The third-order valence-electron chi connectivity index (χ3n) is 1.71. The van der Waals surface area contributed by atoms with Crippen LogP contribution in [0, 0.1) is 16.7 Å². The fourth-order valence-corrected chi connectivity index (χ4v) is 0.894. The highest BCUT2D eigenvalue weighted by Crippen LogP contribution is 2.20. The van der Waals surface area contributed by atoms with Crippen LogP contribution in [0.5, 0.6) is 5.88 Å². The van der Waals surface area contributed by atoms with Crippen molar-refractivity contribution in [2.24, 2.45) is 5.41 Å². The Hall–Kier alpha value is -1.63. The van der Waals surface area contributed by atoms with E-state index in [4.69, 9.17) is 10.00 Å². The van der Waals surface area contributed by atoms with Crippen molar-refractivity contribution >= 4 is 0 Å². The van der Waals surface area contributed by atoms with E-state index in [2.05, 4.69) is 16.0 Å². The lowest BCUT2D eigenvalue weighted by atomic mass is 9.91. The summed E-state index contributed by atoms with van der Waals surface area (Å²) in [6.07, 6.45) is 5.19. The summed E-state index contributed by atoms with van der Waals surface area (Å²) in [4.78, 5) is 7.85. The summed E-state index contributed by atoms with van der Waals surface area (Å²) in [5, 5.41) is 8.57. The zero-order valence-electron chi connectivity index (χ0n) is 8.40. The van der Waals surface area contributed by atoms with Gasteiger partial charge < -0.3 is 4.74 Å². The van der Waals surface area contributed by atoms with Crippen molar-refractivity contribution in [3.05, 3.63) is 18.6 Å². The van der Waals surface area contributed by atoms with Crippen LogP contribution in [0.4, 0.5) is 0 Å². The first kappa shape index (κ1) is 10.5. The Morgan fingerprint density at radius 3 is 2.86 bits per heavy atom. The molecule has 1 heterocycles. The average Bonchev–Trinajstić information content (AvgIpc) is 2.17. The zero-order valence-corrected chi connectivity index (χ0v) is 8.40. The fourth-order valence-electron chi connectivity index (χ4n) is 0.894. The molecule has 0 aliphatic heterocycles. The van der Waals surface area contributed by atoms with Crippen molar-refractivity contribution in [3.63, 3.8) is 0 Å². The molecule has 14 heavy (non-hydrogen) atoms. The second-order valence-corrected chi connectivity index (χ2v) is 3.83. The summed E-state index contributed by atoms with van der Waals surface area (Å²) in [6.45, 7) is 4.43. The second-order valence-electron chi connectivity index (χ2n) is 3.83. The minimum absolute atomic E-state index is 0.147. The summed E-state index contributed by atoms with van der Waals surface area (Å²) in [5.74, 6) is 0.499. The molecule has 0 saturated carbocycles. The number of nitrogens with zero attached hydrogens (tertiary/aromatic N) is 3. The van der Waals surface area contributed by atoms with Gasteiger partial charge >= 0.3 is 0 Å². The molecule has 0 aliphatic rings. The Balaban J connectivity index is 2.45. The normalized spacial score (nSPS) is 10.6. The van der Waals surface area contributed by atoms with Gasteiger partial charge in [-0.05, 0) is 0 Å². The number of aromatic nitrogens is 2. The predicted molar refractivity (Wildman–Crippen MR) is 51.5 cm³/mol. The molecule has 0 aliphatic carbocycles. The fraction of sp³-hybridized carbons (Fsp3) is 0.500. The quantitative estimate of drug-likeness (QED) is 0.728. The van der Waals surface area contributed by atoms with E-state index >= 15 is 0 Å². The average molecular weight is 191 g/mol. The van der Waals surface area contributed by atoms with Gasteiger partial charge in [-0.25, -0.2) is 4.98 Å². The molecule has 1 aromatic heterocycles. The predicted octanol–water partition coefficient (Wildman–Crippen LogP) is 1.80. The lowest BCUT2D eigenvalue weighted by Crippen LogP contribution is -2.21. The van der Waals surface area contributed by atoms with Gasteiger partial charge in [-0.1, -0.05) is 13.8 Å². The molecule has 0 bridgehead atoms. The molecule has 1 rings (SSSR count). The van der Waals surface area contributed by atoms with Gasteiger partial charge in [0.25, 0.3) is 0 Å². The van der Waals surface area contributed by atoms with E-state index in [-0.39, 0.29) is 5.41 Å². The smallest absolute Gasteiger partial charge is 0.232 e. The van der Waals surface area contributed by atoms with Crippen LogP contribution in [0.25, 0.3) is 0 Å². The molecule has 0 spiro atoms. The van der Waals surface area contributed by atoms with Crippen LogP contribution in [0.3, 0.4) is 0 Å². The van der Waals surface area contributed by atoms with Crippen LogP contribution in [0.15, 0.2) is 18.6 Å². The zero-order chi connectivity index (χ0) is 10.4. The molecular formula is C10H13N3O. The van der Waals surface area contributed by atoms with Gasteiger partial charge in [-0.15, -0.1) is 0 Å². The number of ether oxygens (including phenoxy) is 1. The third kappa shape index (κ3) is 3.40. The highest BCUT2D eigenvalue weighted by atomic mass is 16.5. The van der Waals surface area contributed by atoms with Gasteiger partial charge in [0.2, 0.25) is 5.88 Å². The first-order valence-electron chi connectivity index (χ1n) is 4.40. The molecule has 0 saturated heterocycles. The Bertz CT molecular complexity index is 316. The van der Waals surface area contributed by atoms with Crippen LogP contribution < -0.4 is 4.74 Å². The lowest BCUT2D eigenvalue weighted by molar-refractivity contribution is 0.178. The van der Waals surface area contributed by atoms with Crippen LogP contribution in [0.2, 0.25) is 0 Å². The van der Waals surface area contributed by atoms with Crippen molar-refractivity contribution in [1.29, 1.82) is 5.26 Å². The van der Waals surface area contributed by atoms with Gasteiger partial charge in [-0.2, -0.15) is 5.26 Å². The molecule has 0 N–H and O–H groups in total. The summed E-state index contributed by atoms with van der Waals surface area (Å²) in [5.41, 5.74) is -0.147. The SMILES string of the molecule is CC(C)(CC#N)COc1cnccn1. The topological polar surface area (TPSA) is 58.8 Å². The molecule has 74 valence electrons. The minimum Gasteiger partial charge on any atom is -0.476 e. The van der Waals surface area contributed by atoms with E-state index in [0.29, 0.717) is 18.9 Å². The molecule has 0 unspecified atom stereocenters. The minimum atomic E-state index is -0.147. The number of rotatable bonds is 4. The Labute approximate surface area is 83.6 Å². The molecular weight excluding hydrogens is 178 g/mol. The molecule has 0 atom stereocenters. The molecule has 4 nitrogen and oxygen atoms in total. The van der Waals surface area contributed by atoms with E-state index in [9.17, 15) is 0 Å². The Morgan fingerprint density at radius 1 is 1.50 bits per heavy atom. The number of hydrogen-bond acceptors (Lipinski definition) is 4. The Morgan fingerprint density at radius 2 is 2.29 bits per heavy atom. The van der Waals surface area contributed by atoms with Crippen LogP contribution in [-0.2, 0) is 0 Å². The maximum absolute atomic E-state index is 8.57. The van der Waals surface area contributed by atoms with Gasteiger partial charge in [0.15, 0.2) is 0 Å². The van der Waals surface area contributed by atoms with Crippen molar-refractivity contribution in [2.45, 2.75) is 20.3 Å². The van der Waals surface area contributed by atoms with Crippen LogP contribution in [-0.4, -0.2) is 16.6 Å². The maximum Gasteiger partial charge on any atom is 0.232 e. The largest absolute Gasteiger partial charge is 0.476 e. The molecule has 4 heteroatoms. The number of hydrogen-bond donors (Lipinski definition) is 0. The molecule has 0 fully saturated rings. The third-order valence-corrected chi connectivity index (χ3v) is 1.71. The second kappa shape index (κ2) is 4.56.